The van der Waals surface area contributed by atoms with Crippen LogP contribution in [0.15, 0.2) is 48.5 Å². The monoisotopic (exact) mass is 283 g/mol. The van der Waals surface area contributed by atoms with E-state index in [-0.39, 0.29) is 5.91 Å². The van der Waals surface area contributed by atoms with E-state index in [1.54, 1.807) is 12.1 Å². The molecule has 21 heavy (non-hydrogen) atoms. The van der Waals surface area contributed by atoms with Gasteiger partial charge in [0.1, 0.15) is 0 Å². The zero-order valence-electron chi connectivity index (χ0n) is 12.5. The zero-order chi connectivity index (χ0) is 15.2. The van der Waals surface area contributed by atoms with Gasteiger partial charge in [0.25, 0.3) is 5.91 Å². The number of carbonyl (C=O) groups is 1. The van der Waals surface area contributed by atoms with Crippen molar-refractivity contribution in [2.24, 2.45) is 5.73 Å². The van der Waals surface area contributed by atoms with E-state index in [4.69, 9.17) is 5.73 Å². The molecule has 4 heteroatoms. The van der Waals surface area contributed by atoms with E-state index in [9.17, 15) is 4.79 Å². The topological polar surface area (TPSA) is 58.4 Å². The summed E-state index contributed by atoms with van der Waals surface area (Å²) >= 11 is 0. The molecule has 0 fully saturated rings. The third-order valence-electron chi connectivity index (χ3n) is 3.16. The maximum absolute atomic E-state index is 12.1. The lowest BCUT2D eigenvalue weighted by atomic mass is 10.1. The summed E-state index contributed by atoms with van der Waals surface area (Å²) in [4.78, 5) is 14.2. The average Bonchev–Trinajstić information content (AvgIpc) is 2.49. The van der Waals surface area contributed by atoms with Crippen molar-refractivity contribution in [2.45, 2.75) is 13.1 Å². The fraction of sp³-hybridized carbons (Fsp3) is 0.235. The molecule has 3 N–H and O–H groups in total. The molecule has 0 heterocycles. The molecule has 0 aromatic heterocycles. The summed E-state index contributed by atoms with van der Waals surface area (Å²) < 4.78 is 0. The number of nitrogens with two attached hydrogens (primary N) is 1. The van der Waals surface area contributed by atoms with Crippen LogP contribution in [-0.4, -0.2) is 24.9 Å². The van der Waals surface area contributed by atoms with E-state index in [0.29, 0.717) is 12.1 Å². The molecule has 4 nitrogen and oxygen atoms in total. The number of hydrogen-bond acceptors (Lipinski definition) is 3. The van der Waals surface area contributed by atoms with E-state index < -0.39 is 0 Å². The van der Waals surface area contributed by atoms with Gasteiger partial charge in [0.05, 0.1) is 0 Å². The maximum Gasteiger partial charge on any atom is 0.255 e. The van der Waals surface area contributed by atoms with Crippen LogP contribution in [0.1, 0.15) is 21.5 Å². The van der Waals surface area contributed by atoms with Gasteiger partial charge in [-0.1, -0.05) is 24.3 Å². The summed E-state index contributed by atoms with van der Waals surface area (Å²) in [6.45, 7) is 1.37. The highest BCUT2D eigenvalue weighted by atomic mass is 16.1. The van der Waals surface area contributed by atoms with Crippen LogP contribution < -0.4 is 11.1 Å². The Morgan fingerprint density at radius 3 is 2.10 bits per heavy atom. The van der Waals surface area contributed by atoms with Crippen molar-refractivity contribution in [1.29, 1.82) is 0 Å². The Morgan fingerprint density at radius 2 is 1.57 bits per heavy atom. The van der Waals surface area contributed by atoms with E-state index in [2.05, 4.69) is 10.2 Å². The summed E-state index contributed by atoms with van der Waals surface area (Å²) in [7, 11) is 4.06. The van der Waals surface area contributed by atoms with Gasteiger partial charge in [0, 0.05) is 24.3 Å². The number of benzene rings is 2. The van der Waals surface area contributed by atoms with Crippen molar-refractivity contribution in [2.75, 3.05) is 19.4 Å². The number of rotatable bonds is 5. The Balaban J connectivity index is 2.01. The molecule has 0 saturated heterocycles. The molecule has 2 rings (SSSR count). The molecular weight excluding hydrogens is 262 g/mol. The van der Waals surface area contributed by atoms with E-state index in [0.717, 1.165) is 17.8 Å². The molecule has 0 saturated carbocycles. The standard InChI is InChI=1S/C17H21N3O/c1-20(2)12-14-5-9-16(10-6-14)19-17(21)15-7-3-13(11-18)4-8-15/h3-10H,11-12,18H2,1-2H3,(H,19,21). The predicted octanol–water partition coefficient (Wildman–Crippen LogP) is 2.46. The van der Waals surface area contributed by atoms with Crippen LogP contribution in [-0.2, 0) is 13.1 Å². The Kier molecular flexibility index (Phi) is 5.09. The fourth-order valence-corrected chi connectivity index (χ4v) is 2.05. The Morgan fingerprint density at radius 1 is 1.00 bits per heavy atom. The van der Waals surface area contributed by atoms with Gasteiger partial charge < -0.3 is 16.0 Å². The lowest BCUT2D eigenvalue weighted by Gasteiger charge is -2.10. The first-order valence-electron chi connectivity index (χ1n) is 6.92. The lowest BCUT2D eigenvalue weighted by molar-refractivity contribution is 0.102. The summed E-state index contributed by atoms with van der Waals surface area (Å²) in [5.74, 6) is -0.112. The van der Waals surface area contributed by atoms with Crippen molar-refractivity contribution in [1.82, 2.24) is 4.90 Å². The summed E-state index contributed by atoms with van der Waals surface area (Å²) in [5.41, 5.74) is 9.20. The molecule has 0 aliphatic carbocycles. The SMILES string of the molecule is CN(C)Cc1ccc(NC(=O)c2ccc(CN)cc2)cc1. The van der Waals surface area contributed by atoms with Gasteiger partial charge in [-0.25, -0.2) is 0 Å². The molecule has 0 aliphatic rings. The second-order valence-electron chi connectivity index (χ2n) is 5.29. The van der Waals surface area contributed by atoms with Crippen LogP contribution in [0.3, 0.4) is 0 Å². The van der Waals surface area contributed by atoms with Gasteiger partial charge in [0.15, 0.2) is 0 Å². The van der Waals surface area contributed by atoms with Crippen LogP contribution in [0, 0.1) is 0 Å². The average molecular weight is 283 g/mol. The van der Waals surface area contributed by atoms with E-state index >= 15 is 0 Å². The minimum absolute atomic E-state index is 0.112. The highest BCUT2D eigenvalue weighted by Crippen LogP contribution is 2.13. The normalized spacial score (nSPS) is 10.7. The van der Waals surface area contributed by atoms with E-state index in [1.807, 2.05) is 50.5 Å². The van der Waals surface area contributed by atoms with Crippen molar-refractivity contribution in [3.63, 3.8) is 0 Å². The number of hydrogen-bond donors (Lipinski definition) is 2. The minimum Gasteiger partial charge on any atom is -0.326 e. The first-order chi connectivity index (χ1) is 10.1. The van der Waals surface area contributed by atoms with Crippen LogP contribution in [0.4, 0.5) is 5.69 Å². The Hall–Kier alpha value is -2.17. The van der Waals surface area contributed by atoms with Gasteiger partial charge in [-0.05, 0) is 49.5 Å². The number of nitrogens with one attached hydrogen (secondary N) is 1. The Labute approximate surface area is 125 Å². The van der Waals surface area contributed by atoms with Crippen molar-refractivity contribution < 1.29 is 4.79 Å². The van der Waals surface area contributed by atoms with Crippen molar-refractivity contribution in [3.05, 3.63) is 65.2 Å². The van der Waals surface area contributed by atoms with E-state index in [1.165, 1.54) is 5.56 Å². The molecule has 0 aliphatic heterocycles. The van der Waals surface area contributed by atoms with Crippen LogP contribution >= 0.6 is 0 Å². The number of anilines is 1. The largest absolute Gasteiger partial charge is 0.326 e. The van der Waals surface area contributed by atoms with Gasteiger partial charge in [-0.15, -0.1) is 0 Å². The molecular formula is C17H21N3O. The minimum atomic E-state index is -0.112. The van der Waals surface area contributed by atoms with Gasteiger partial charge in [0.2, 0.25) is 0 Å². The van der Waals surface area contributed by atoms with Crippen molar-refractivity contribution >= 4 is 11.6 Å². The quantitative estimate of drug-likeness (QED) is 0.886. The highest BCUT2D eigenvalue weighted by molar-refractivity contribution is 6.04. The number of nitrogens with zero attached hydrogens (tertiary/aromatic N) is 1. The molecule has 0 bridgehead atoms. The first kappa shape index (κ1) is 15.2. The van der Waals surface area contributed by atoms with Crippen LogP contribution in [0.2, 0.25) is 0 Å². The molecule has 0 atom stereocenters. The number of amides is 1. The molecule has 0 spiro atoms. The predicted molar refractivity (Wildman–Crippen MR) is 86.1 cm³/mol. The third-order valence-corrected chi connectivity index (χ3v) is 3.16. The second kappa shape index (κ2) is 7.02. The molecule has 1 amide bonds. The smallest absolute Gasteiger partial charge is 0.255 e. The van der Waals surface area contributed by atoms with Gasteiger partial charge in [-0.2, -0.15) is 0 Å². The fourth-order valence-electron chi connectivity index (χ4n) is 2.05. The van der Waals surface area contributed by atoms with Crippen molar-refractivity contribution in [3.8, 4) is 0 Å². The molecule has 110 valence electrons. The number of carbonyl (C=O) groups excluding carboxylic acids is 1. The van der Waals surface area contributed by atoms with Crippen LogP contribution in [0.5, 0.6) is 0 Å². The van der Waals surface area contributed by atoms with Gasteiger partial charge in [-0.3, -0.25) is 4.79 Å². The first-order valence-corrected chi connectivity index (χ1v) is 6.92. The maximum atomic E-state index is 12.1. The van der Waals surface area contributed by atoms with Gasteiger partial charge >= 0.3 is 0 Å². The lowest BCUT2D eigenvalue weighted by Crippen LogP contribution is -2.13. The summed E-state index contributed by atoms with van der Waals surface area (Å²) in [5, 5.41) is 2.89. The summed E-state index contributed by atoms with van der Waals surface area (Å²) in [6.07, 6.45) is 0. The molecule has 2 aromatic rings. The zero-order valence-corrected chi connectivity index (χ0v) is 12.5. The third kappa shape index (κ3) is 4.41. The molecule has 0 radical (unpaired) electrons. The molecule has 0 unspecified atom stereocenters. The Bertz CT molecular complexity index is 588. The van der Waals surface area contributed by atoms with Crippen LogP contribution in [0.25, 0.3) is 0 Å². The summed E-state index contributed by atoms with van der Waals surface area (Å²) in [6, 6.07) is 15.2. The molecule has 2 aromatic carbocycles. The second-order valence-corrected chi connectivity index (χ2v) is 5.29. The highest BCUT2D eigenvalue weighted by Gasteiger charge is 2.06.